The summed E-state index contributed by atoms with van der Waals surface area (Å²) in [4.78, 5) is 10.9. The molecule has 22 heavy (non-hydrogen) atoms. The van der Waals surface area contributed by atoms with Gasteiger partial charge in [0, 0.05) is 24.9 Å². The number of nitrogens with one attached hydrogen (secondary N) is 1. The maximum absolute atomic E-state index is 10.9. The lowest BCUT2D eigenvalue weighted by Crippen LogP contribution is -2.01. The molecule has 1 aromatic heterocycles. The highest BCUT2D eigenvalue weighted by atomic mass is 16.5. The predicted molar refractivity (Wildman–Crippen MR) is 84.6 cm³/mol. The topological polar surface area (TPSA) is 56.1 Å². The van der Waals surface area contributed by atoms with Gasteiger partial charge >= 0.3 is 5.97 Å². The second-order valence-electron chi connectivity index (χ2n) is 4.72. The lowest BCUT2D eigenvalue weighted by molar-refractivity contribution is -0.131. The zero-order valence-corrected chi connectivity index (χ0v) is 12.1. The highest BCUT2D eigenvalue weighted by molar-refractivity contribution is 5.69. The number of para-hydroxylation sites is 1. The number of hydrogen-bond acceptors (Lipinski definition) is 4. The van der Waals surface area contributed by atoms with Gasteiger partial charge in [-0.25, -0.2) is 4.68 Å². The molecule has 0 saturated carbocycles. The zero-order valence-electron chi connectivity index (χ0n) is 12.1. The Bertz CT molecular complexity index is 764. The van der Waals surface area contributed by atoms with Gasteiger partial charge in [0.05, 0.1) is 5.69 Å². The molecular weight excluding hydrogens is 278 g/mol. The molecule has 110 valence electrons. The first-order chi connectivity index (χ1) is 10.7. The Kier molecular flexibility index (Phi) is 3.87. The van der Waals surface area contributed by atoms with Gasteiger partial charge in [0.25, 0.3) is 0 Å². The number of hydrogen-bond donors (Lipinski definition) is 1. The molecule has 0 saturated heterocycles. The summed E-state index contributed by atoms with van der Waals surface area (Å²) in [5, 5.41) is 7.67. The summed E-state index contributed by atoms with van der Waals surface area (Å²) in [5.74, 6) is 0.930. The van der Waals surface area contributed by atoms with Crippen molar-refractivity contribution >= 4 is 17.5 Å². The Morgan fingerprint density at radius 3 is 2.45 bits per heavy atom. The van der Waals surface area contributed by atoms with Crippen molar-refractivity contribution in [2.24, 2.45) is 0 Å². The maximum Gasteiger partial charge on any atom is 0.308 e. The third-order valence-corrected chi connectivity index (χ3v) is 3.00. The normalized spacial score (nSPS) is 10.2. The monoisotopic (exact) mass is 293 g/mol. The van der Waals surface area contributed by atoms with Crippen LogP contribution in [-0.2, 0) is 4.79 Å². The number of aromatic nitrogens is 2. The van der Waals surface area contributed by atoms with Crippen LogP contribution < -0.4 is 10.1 Å². The molecule has 0 aliphatic heterocycles. The molecule has 0 amide bonds. The van der Waals surface area contributed by atoms with Crippen molar-refractivity contribution in [2.45, 2.75) is 6.92 Å². The minimum Gasteiger partial charge on any atom is -0.427 e. The number of rotatable bonds is 4. The molecule has 1 heterocycles. The minimum atomic E-state index is -0.331. The molecule has 5 heteroatoms. The molecule has 0 fully saturated rings. The fourth-order valence-corrected chi connectivity index (χ4v) is 2.04. The van der Waals surface area contributed by atoms with E-state index in [1.54, 1.807) is 16.8 Å². The summed E-state index contributed by atoms with van der Waals surface area (Å²) >= 11 is 0. The van der Waals surface area contributed by atoms with Crippen molar-refractivity contribution < 1.29 is 9.53 Å². The van der Waals surface area contributed by atoms with E-state index in [0.29, 0.717) is 5.75 Å². The highest BCUT2D eigenvalue weighted by Gasteiger charge is 2.02. The number of carbonyl (C=O) groups excluding carboxylic acids is 1. The van der Waals surface area contributed by atoms with E-state index < -0.39 is 0 Å². The number of esters is 1. The van der Waals surface area contributed by atoms with Gasteiger partial charge in [-0.15, -0.1) is 0 Å². The van der Waals surface area contributed by atoms with E-state index in [0.717, 1.165) is 17.2 Å². The van der Waals surface area contributed by atoms with Gasteiger partial charge in [-0.2, -0.15) is 5.10 Å². The van der Waals surface area contributed by atoms with Gasteiger partial charge < -0.3 is 10.1 Å². The number of nitrogens with zero attached hydrogens (tertiary/aromatic N) is 2. The Morgan fingerprint density at radius 2 is 1.77 bits per heavy atom. The summed E-state index contributed by atoms with van der Waals surface area (Å²) < 4.78 is 6.80. The number of ether oxygens (including phenoxy) is 1. The third-order valence-electron chi connectivity index (χ3n) is 3.00. The van der Waals surface area contributed by atoms with Gasteiger partial charge in [0.2, 0.25) is 0 Å². The van der Waals surface area contributed by atoms with Gasteiger partial charge in [-0.1, -0.05) is 18.2 Å². The van der Waals surface area contributed by atoms with Gasteiger partial charge in [0.1, 0.15) is 5.75 Å². The second-order valence-corrected chi connectivity index (χ2v) is 4.72. The van der Waals surface area contributed by atoms with Crippen molar-refractivity contribution in [2.75, 3.05) is 5.32 Å². The average Bonchev–Trinajstić information content (AvgIpc) is 2.98. The molecule has 5 nitrogen and oxygen atoms in total. The van der Waals surface area contributed by atoms with Crippen molar-refractivity contribution in [1.29, 1.82) is 0 Å². The Hall–Kier alpha value is -3.08. The van der Waals surface area contributed by atoms with Crippen molar-refractivity contribution in [3.63, 3.8) is 0 Å². The first-order valence-electron chi connectivity index (χ1n) is 6.87. The Balaban J connectivity index is 1.71. The van der Waals surface area contributed by atoms with Crippen LogP contribution in [0.25, 0.3) is 5.69 Å². The van der Waals surface area contributed by atoms with E-state index >= 15 is 0 Å². The molecule has 0 aliphatic carbocycles. The van der Waals surface area contributed by atoms with Crippen LogP contribution in [0.15, 0.2) is 66.9 Å². The van der Waals surface area contributed by atoms with Crippen LogP contribution >= 0.6 is 0 Å². The van der Waals surface area contributed by atoms with E-state index in [-0.39, 0.29) is 5.97 Å². The van der Waals surface area contributed by atoms with Crippen LogP contribution in [0.1, 0.15) is 6.92 Å². The second kappa shape index (κ2) is 6.13. The van der Waals surface area contributed by atoms with Crippen LogP contribution in [-0.4, -0.2) is 15.7 Å². The molecule has 3 rings (SSSR count). The molecule has 0 aliphatic rings. The maximum atomic E-state index is 10.9. The SMILES string of the molecule is CC(=O)Oc1ccc(Nc2ccn(-c3ccccc3)n2)cc1. The van der Waals surface area contributed by atoms with E-state index in [1.807, 2.05) is 54.7 Å². The summed E-state index contributed by atoms with van der Waals surface area (Å²) in [6.45, 7) is 1.38. The molecule has 0 bridgehead atoms. The molecule has 0 unspecified atom stereocenters. The molecule has 1 N–H and O–H groups in total. The highest BCUT2D eigenvalue weighted by Crippen LogP contribution is 2.19. The Labute approximate surface area is 128 Å². The minimum absolute atomic E-state index is 0.331. The summed E-state index contributed by atoms with van der Waals surface area (Å²) in [6, 6.07) is 18.9. The van der Waals surface area contributed by atoms with Crippen molar-refractivity contribution in [1.82, 2.24) is 9.78 Å². The predicted octanol–water partition coefficient (Wildman–Crippen LogP) is 3.54. The lowest BCUT2D eigenvalue weighted by Gasteiger charge is -2.05. The molecule has 2 aromatic carbocycles. The van der Waals surface area contributed by atoms with Crippen LogP contribution in [0.4, 0.5) is 11.5 Å². The van der Waals surface area contributed by atoms with E-state index in [2.05, 4.69) is 10.4 Å². The van der Waals surface area contributed by atoms with Crippen molar-refractivity contribution in [3.05, 3.63) is 66.9 Å². The summed E-state index contributed by atoms with van der Waals surface area (Å²) in [6.07, 6.45) is 1.89. The third kappa shape index (κ3) is 3.32. The van der Waals surface area contributed by atoms with Gasteiger partial charge in [-0.3, -0.25) is 4.79 Å². The fraction of sp³-hybridized carbons (Fsp3) is 0.0588. The number of anilines is 2. The number of carbonyl (C=O) groups is 1. The Morgan fingerprint density at radius 1 is 1.05 bits per heavy atom. The largest absolute Gasteiger partial charge is 0.427 e. The zero-order chi connectivity index (χ0) is 15.4. The smallest absolute Gasteiger partial charge is 0.308 e. The lowest BCUT2D eigenvalue weighted by atomic mass is 10.3. The molecule has 0 spiro atoms. The van der Waals surface area contributed by atoms with Crippen LogP contribution in [0.2, 0.25) is 0 Å². The fourth-order valence-electron chi connectivity index (χ4n) is 2.04. The van der Waals surface area contributed by atoms with Crippen LogP contribution in [0.5, 0.6) is 5.75 Å². The molecule has 0 radical (unpaired) electrons. The molecule has 3 aromatic rings. The van der Waals surface area contributed by atoms with E-state index in [1.165, 1.54) is 6.92 Å². The average molecular weight is 293 g/mol. The standard InChI is InChI=1S/C17H15N3O2/c1-13(21)22-16-9-7-14(8-10-16)18-17-11-12-20(19-17)15-5-3-2-4-6-15/h2-12H,1H3,(H,18,19). The van der Waals surface area contributed by atoms with E-state index in [9.17, 15) is 4.79 Å². The van der Waals surface area contributed by atoms with E-state index in [4.69, 9.17) is 4.74 Å². The van der Waals surface area contributed by atoms with Gasteiger partial charge in [0.15, 0.2) is 5.82 Å². The first-order valence-corrected chi connectivity index (χ1v) is 6.87. The number of benzene rings is 2. The van der Waals surface area contributed by atoms with Gasteiger partial charge in [-0.05, 0) is 36.4 Å². The van der Waals surface area contributed by atoms with Crippen molar-refractivity contribution in [3.8, 4) is 11.4 Å². The van der Waals surface area contributed by atoms with Crippen LogP contribution in [0, 0.1) is 0 Å². The van der Waals surface area contributed by atoms with Crippen LogP contribution in [0.3, 0.4) is 0 Å². The quantitative estimate of drug-likeness (QED) is 0.590. The molecular formula is C17H15N3O2. The first kappa shape index (κ1) is 13.9. The summed E-state index contributed by atoms with van der Waals surface area (Å²) in [5.41, 5.74) is 1.87. The summed E-state index contributed by atoms with van der Waals surface area (Å²) in [7, 11) is 0. The molecule has 0 atom stereocenters.